The van der Waals surface area contributed by atoms with Gasteiger partial charge in [-0.2, -0.15) is 0 Å². The highest BCUT2D eigenvalue weighted by Crippen LogP contribution is 2.10. The number of anilines is 1. The number of carbonyl (C=O) groups is 1. The van der Waals surface area contributed by atoms with E-state index in [4.69, 9.17) is 4.74 Å². The molecule has 1 saturated heterocycles. The van der Waals surface area contributed by atoms with E-state index in [-0.39, 0.29) is 11.9 Å². The van der Waals surface area contributed by atoms with E-state index >= 15 is 0 Å². The lowest BCUT2D eigenvalue weighted by molar-refractivity contribution is -0.120. The van der Waals surface area contributed by atoms with Crippen LogP contribution in [0.5, 0.6) is 0 Å². The molecule has 0 spiro atoms. The summed E-state index contributed by atoms with van der Waals surface area (Å²) < 4.78 is 5.18. The van der Waals surface area contributed by atoms with Crippen LogP contribution in [-0.4, -0.2) is 36.7 Å². The average molecular weight is 213 g/mol. The van der Waals surface area contributed by atoms with Gasteiger partial charge in [0.25, 0.3) is 0 Å². The molecule has 6 heteroatoms. The van der Waals surface area contributed by atoms with Crippen LogP contribution < -0.4 is 10.6 Å². The Bertz CT molecular complexity index is 296. The number of thiazole rings is 1. The lowest BCUT2D eigenvalue weighted by atomic mass is 10.2. The van der Waals surface area contributed by atoms with Crippen LogP contribution in [-0.2, 0) is 9.53 Å². The fourth-order valence-electron chi connectivity index (χ4n) is 1.21. The van der Waals surface area contributed by atoms with Gasteiger partial charge in [0.2, 0.25) is 5.91 Å². The zero-order valence-corrected chi connectivity index (χ0v) is 8.34. The topological polar surface area (TPSA) is 63.2 Å². The number of nitrogens with one attached hydrogen (secondary N) is 2. The smallest absolute Gasteiger partial charge is 0.245 e. The fourth-order valence-corrected chi connectivity index (χ4v) is 1.74. The highest BCUT2D eigenvalue weighted by Gasteiger charge is 2.21. The van der Waals surface area contributed by atoms with Crippen molar-refractivity contribution in [3.05, 3.63) is 11.6 Å². The van der Waals surface area contributed by atoms with Crippen LogP contribution >= 0.6 is 11.3 Å². The largest absolute Gasteiger partial charge is 0.378 e. The van der Waals surface area contributed by atoms with Crippen LogP contribution in [0.2, 0.25) is 0 Å². The molecule has 1 aliphatic rings. The Morgan fingerprint density at radius 2 is 2.71 bits per heavy atom. The molecule has 76 valence electrons. The molecule has 5 nitrogen and oxygen atoms in total. The molecule has 0 aliphatic carbocycles. The monoisotopic (exact) mass is 213 g/mol. The number of morpholine rings is 1. The first kappa shape index (κ1) is 9.57. The minimum atomic E-state index is -0.257. The summed E-state index contributed by atoms with van der Waals surface area (Å²) in [4.78, 5) is 15.5. The predicted octanol–water partition coefficient (Wildman–Crippen LogP) is 0.0700. The summed E-state index contributed by atoms with van der Waals surface area (Å²) in [5, 5.41) is 8.24. The van der Waals surface area contributed by atoms with Crippen LogP contribution in [0.1, 0.15) is 0 Å². The molecule has 1 aromatic rings. The zero-order chi connectivity index (χ0) is 9.80. The fraction of sp³-hybridized carbons (Fsp3) is 0.500. The molecule has 1 aliphatic heterocycles. The number of hydrogen-bond acceptors (Lipinski definition) is 5. The Labute approximate surface area is 85.5 Å². The molecule has 1 atom stereocenters. The summed E-state index contributed by atoms with van der Waals surface area (Å²) in [5.41, 5.74) is 0. The van der Waals surface area contributed by atoms with Gasteiger partial charge in [-0.25, -0.2) is 4.98 Å². The summed E-state index contributed by atoms with van der Waals surface area (Å²) in [6.45, 7) is 1.81. The summed E-state index contributed by atoms with van der Waals surface area (Å²) in [7, 11) is 0. The summed E-state index contributed by atoms with van der Waals surface area (Å²) in [6, 6.07) is -0.257. The van der Waals surface area contributed by atoms with Crippen LogP contribution in [0.3, 0.4) is 0 Å². The minimum Gasteiger partial charge on any atom is -0.378 e. The summed E-state index contributed by atoms with van der Waals surface area (Å²) in [5.74, 6) is -0.0837. The van der Waals surface area contributed by atoms with E-state index in [9.17, 15) is 4.79 Å². The summed E-state index contributed by atoms with van der Waals surface area (Å²) in [6.07, 6.45) is 1.66. The van der Waals surface area contributed by atoms with Gasteiger partial charge in [0, 0.05) is 18.1 Å². The van der Waals surface area contributed by atoms with Gasteiger partial charge in [-0.05, 0) is 0 Å². The van der Waals surface area contributed by atoms with E-state index in [0.29, 0.717) is 18.3 Å². The van der Waals surface area contributed by atoms with Gasteiger partial charge < -0.3 is 15.4 Å². The number of hydrogen-bond donors (Lipinski definition) is 2. The molecule has 0 radical (unpaired) electrons. The van der Waals surface area contributed by atoms with E-state index in [1.807, 2.05) is 5.38 Å². The first-order valence-electron chi connectivity index (χ1n) is 4.38. The molecule has 1 aromatic heterocycles. The third-order valence-electron chi connectivity index (χ3n) is 1.90. The second-order valence-electron chi connectivity index (χ2n) is 2.91. The number of ether oxygens (including phenoxy) is 1. The molecular weight excluding hydrogens is 202 g/mol. The van der Waals surface area contributed by atoms with Gasteiger partial charge in [0.1, 0.15) is 6.04 Å². The van der Waals surface area contributed by atoms with Crippen molar-refractivity contribution in [3.63, 3.8) is 0 Å². The van der Waals surface area contributed by atoms with Crippen LogP contribution in [0.25, 0.3) is 0 Å². The minimum absolute atomic E-state index is 0.0837. The second-order valence-corrected chi connectivity index (χ2v) is 3.80. The maximum atomic E-state index is 11.6. The van der Waals surface area contributed by atoms with Crippen molar-refractivity contribution in [1.82, 2.24) is 10.3 Å². The van der Waals surface area contributed by atoms with Crippen molar-refractivity contribution in [2.75, 3.05) is 25.1 Å². The lowest BCUT2D eigenvalue weighted by Crippen LogP contribution is -2.48. The Balaban J connectivity index is 1.88. The molecule has 0 bridgehead atoms. The van der Waals surface area contributed by atoms with Gasteiger partial charge in [-0.15, -0.1) is 11.3 Å². The van der Waals surface area contributed by atoms with Crippen molar-refractivity contribution >= 4 is 22.4 Å². The molecule has 1 fully saturated rings. The average Bonchev–Trinajstić information content (AvgIpc) is 2.72. The Kier molecular flexibility index (Phi) is 3.07. The maximum Gasteiger partial charge on any atom is 0.245 e. The number of carbonyl (C=O) groups excluding carboxylic acids is 1. The maximum absolute atomic E-state index is 11.6. The second kappa shape index (κ2) is 4.50. The highest BCUT2D eigenvalue weighted by atomic mass is 32.1. The van der Waals surface area contributed by atoms with E-state index in [1.54, 1.807) is 6.20 Å². The normalized spacial score (nSPS) is 21.9. The highest BCUT2D eigenvalue weighted by molar-refractivity contribution is 7.13. The molecule has 14 heavy (non-hydrogen) atoms. The van der Waals surface area contributed by atoms with Crippen molar-refractivity contribution in [1.29, 1.82) is 0 Å². The third kappa shape index (κ3) is 2.28. The third-order valence-corrected chi connectivity index (χ3v) is 2.59. The van der Waals surface area contributed by atoms with Crippen LogP contribution in [0, 0.1) is 0 Å². The number of amides is 1. The Morgan fingerprint density at radius 1 is 1.79 bits per heavy atom. The van der Waals surface area contributed by atoms with Crippen molar-refractivity contribution in [2.45, 2.75) is 6.04 Å². The molecule has 0 unspecified atom stereocenters. The van der Waals surface area contributed by atoms with Crippen molar-refractivity contribution in [2.24, 2.45) is 0 Å². The SMILES string of the molecule is O=C(Nc1nccs1)[C@H]1COCCN1. The van der Waals surface area contributed by atoms with Crippen LogP contribution in [0.4, 0.5) is 5.13 Å². The number of nitrogens with zero attached hydrogens (tertiary/aromatic N) is 1. The van der Waals surface area contributed by atoms with Gasteiger partial charge >= 0.3 is 0 Å². The van der Waals surface area contributed by atoms with Gasteiger partial charge in [0.05, 0.1) is 13.2 Å². The predicted molar refractivity (Wildman–Crippen MR) is 53.4 cm³/mol. The first-order chi connectivity index (χ1) is 6.86. The molecule has 1 amide bonds. The quantitative estimate of drug-likeness (QED) is 0.729. The lowest BCUT2D eigenvalue weighted by Gasteiger charge is -2.22. The molecular formula is C8H11N3O2S. The van der Waals surface area contributed by atoms with Crippen molar-refractivity contribution in [3.8, 4) is 0 Å². The van der Waals surface area contributed by atoms with E-state index in [2.05, 4.69) is 15.6 Å². The van der Waals surface area contributed by atoms with Crippen molar-refractivity contribution < 1.29 is 9.53 Å². The standard InChI is InChI=1S/C8H11N3O2S/c12-7(6-5-13-3-1-9-6)11-8-10-2-4-14-8/h2,4,6,9H,1,3,5H2,(H,10,11,12)/t6-/m1/s1. The van der Waals surface area contributed by atoms with Gasteiger partial charge in [-0.3, -0.25) is 4.79 Å². The Hall–Kier alpha value is -0.980. The molecule has 0 saturated carbocycles. The van der Waals surface area contributed by atoms with Crippen LogP contribution in [0.15, 0.2) is 11.6 Å². The molecule has 2 rings (SSSR count). The first-order valence-corrected chi connectivity index (χ1v) is 5.26. The summed E-state index contributed by atoms with van der Waals surface area (Å²) >= 11 is 1.40. The van der Waals surface area contributed by atoms with E-state index in [1.165, 1.54) is 11.3 Å². The van der Waals surface area contributed by atoms with E-state index in [0.717, 1.165) is 6.54 Å². The Morgan fingerprint density at radius 3 is 3.36 bits per heavy atom. The molecule has 2 N–H and O–H groups in total. The van der Waals surface area contributed by atoms with Gasteiger partial charge in [0.15, 0.2) is 5.13 Å². The molecule has 2 heterocycles. The molecule has 0 aromatic carbocycles. The van der Waals surface area contributed by atoms with Gasteiger partial charge in [-0.1, -0.05) is 0 Å². The number of rotatable bonds is 2. The van der Waals surface area contributed by atoms with E-state index < -0.39 is 0 Å². The zero-order valence-electron chi connectivity index (χ0n) is 7.53. The number of aromatic nitrogens is 1.